The molecule has 0 bridgehead atoms. The minimum atomic E-state index is -5.15. The molecule has 0 aliphatic rings. The number of amides is 1. The smallest absolute Gasteiger partial charge is 0.467 e. The summed E-state index contributed by atoms with van der Waals surface area (Å²) in [7, 11) is 0.897. The quantitative estimate of drug-likeness (QED) is 0.586. The molecule has 92 valence electrons. The lowest BCUT2D eigenvalue weighted by molar-refractivity contribution is -0.175. The van der Waals surface area contributed by atoms with E-state index >= 15 is 0 Å². The Kier molecular flexibility index (Phi) is 5.22. The van der Waals surface area contributed by atoms with Crippen LogP contribution in [0.25, 0.3) is 0 Å². The van der Waals surface area contributed by atoms with Gasteiger partial charge < -0.3 is 10.1 Å². The predicted molar refractivity (Wildman–Crippen MR) is 45.5 cm³/mol. The molecular weight excluding hydrogens is 255 g/mol. The van der Waals surface area contributed by atoms with Crippen LogP contribution < -0.4 is 5.32 Å². The zero-order chi connectivity index (χ0) is 12.9. The van der Waals surface area contributed by atoms with Gasteiger partial charge in [-0.15, -0.1) is 0 Å². The number of esters is 1. The lowest BCUT2D eigenvalue weighted by atomic mass is 10.2. The van der Waals surface area contributed by atoms with Gasteiger partial charge in [0.2, 0.25) is 5.24 Å². The van der Waals surface area contributed by atoms with Gasteiger partial charge in [0.25, 0.3) is 0 Å². The molecular formula is C7H7ClF3NO4. The molecule has 0 aliphatic carbocycles. The summed E-state index contributed by atoms with van der Waals surface area (Å²) in [5.41, 5.74) is 0. The number of halogens is 4. The van der Waals surface area contributed by atoms with Gasteiger partial charge >= 0.3 is 18.1 Å². The number of ether oxygens (including phenoxy) is 1. The van der Waals surface area contributed by atoms with Crippen molar-refractivity contribution in [1.82, 2.24) is 5.32 Å². The second-order valence-electron chi connectivity index (χ2n) is 2.61. The first-order valence-electron chi connectivity index (χ1n) is 3.82. The maximum Gasteiger partial charge on any atom is 0.471 e. The van der Waals surface area contributed by atoms with Crippen molar-refractivity contribution in [3.63, 3.8) is 0 Å². The SMILES string of the molecule is COC(=O)[C@@H](CC(=O)Cl)NC(=O)C(F)(F)F. The van der Waals surface area contributed by atoms with E-state index in [-0.39, 0.29) is 0 Å². The van der Waals surface area contributed by atoms with Gasteiger partial charge in [0.15, 0.2) is 0 Å². The van der Waals surface area contributed by atoms with E-state index in [9.17, 15) is 27.6 Å². The van der Waals surface area contributed by atoms with Gasteiger partial charge in [-0.25, -0.2) is 4.79 Å². The highest BCUT2D eigenvalue weighted by Crippen LogP contribution is 2.15. The van der Waals surface area contributed by atoms with Gasteiger partial charge in [-0.05, 0) is 11.6 Å². The van der Waals surface area contributed by atoms with Crippen molar-refractivity contribution >= 4 is 28.7 Å². The largest absolute Gasteiger partial charge is 0.471 e. The molecule has 0 radical (unpaired) electrons. The van der Waals surface area contributed by atoms with Gasteiger partial charge in [-0.3, -0.25) is 9.59 Å². The number of carbonyl (C=O) groups is 3. The Labute approximate surface area is 92.9 Å². The third-order valence-corrected chi connectivity index (χ3v) is 1.57. The molecule has 9 heteroatoms. The van der Waals surface area contributed by atoms with Crippen LogP contribution >= 0.6 is 11.6 Å². The fourth-order valence-corrected chi connectivity index (χ4v) is 0.890. The zero-order valence-electron chi connectivity index (χ0n) is 7.93. The van der Waals surface area contributed by atoms with Crippen LogP contribution in [0.1, 0.15) is 6.42 Å². The van der Waals surface area contributed by atoms with Crippen molar-refractivity contribution < 1.29 is 32.3 Å². The zero-order valence-corrected chi connectivity index (χ0v) is 8.69. The number of alkyl halides is 3. The predicted octanol–water partition coefficient (Wildman–Crippen LogP) is 0.362. The van der Waals surface area contributed by atoms with Crippen molar-refractivity contribution in [2.45, 2.75) is 18.6 Å². The van der Waals surface area contributed by atoms with Crippen molar-refractivity contribution in [1.29, 1.82) is 0 Å². The van der Waals surface area contributed by atoms with E-state index in [1.54, 1.807) is 0 Å². The van der Waals surface area contributed by atoms with E-state index in [2.05, 4.69) is 4.74 Å². The fraction of sp³-hybridized carbons (Fsp3) is 0.571. The summed E-state index contributed by atoms with van der Waals surface area (Å²) in [6.45, 7) is 0. The van der Waals surface area contributed by atoms with Gasteiger partial charge in [0.1, 0.15) is 6.04 Å². The molecule has 0 spiro atoms. The Morgan fingerprint density at radius 2 is 1.88 bits per heavy atom. The first kappa shape index (κ1) is 14.7. The van der Waals surface area contributed by atoms with E-state index in [0.717, 1.165) is 7.11 Å². The average Bonchev–Trinajstić information content (AvgIpc) is 2.13. The van der Waals surface area contributed by atoms with E-state index in [1.165, 1.54) is 5.32 Å². The molecule has 0 aromatic rings. The number of hydrogen-bond acceptors (Lipinski definition) is 4. The van der Waals surface area contributed by atoms with Crippen LogP contribution in [0.4, 0.5) is 13.2 Å². The molecule has 5 nitrogen and oxygen atoms in total. The minimum absolute atomic E-state index is 0.782. The van der Waals surface area contributed by atoms with Crippen LogP contribution in [0.3, 0.4) is 0 Å². The first-order valence-corrected chi connectivity index (χ1v) is 4.20. The van der Waals surface area contributed by atoms with Gasteiger partial charge in [0, 0.05) is 0 Å². The summed E-state index contributed by atoms with van der Waals surface area (Å²) < 4.78 is 39.6. The second-order valence-corrected chi connectivity index (χ2v) is 3.03. The molecule has 0 aromatic heterocycles. The number of carbonyl (C=O) groups excluding carboxylic acids is 3. The molecule has 16 heavy (non-hydrogen) atoms. The van der Waals surface area contributed by atoms with Gasteiger partial charge in [0.05, 0.1) is 13.5 Å². The Morgan fingerprint density at radius 1 is 1.38 bits per heavy atom. The Balaban J connectivity index is 4.61. The molecule has 0 saturated heterocycles. The van der Waals surface area contributed by atoms with Crippen molar-refractivity contribution in [2.24, 2.45) is 0 Å². The molecule has 0 heterocycles. The third kappa shape index (κ3) is 4.96. The Bertz CT molecular complexity index is 304. The molecule has 1 N–H and O–H groups in total. The summed E-state index contributed by atoms with van der Waals surface area (Å²) in [4.78, 5) is 31.8. The van der Waals surface area contributed by atoms with Crippen LogP contribution in [-0.4, -0.2) is 36.4 Å². The topological polar surface area (TPSA) is 72.5 Å². The maximum atomic E-state index is 11.8. The maximum absolute atomic E-state index is 11.8. The summed E-state index contributed by atoms with van der Waals surface area (Å²) in [5.74, 6) is -3.53. The minimum Gasteiger partial charge on any atom is -0.467 e. The molecule has 0 unspecified atom stereocenters. The van der Waals surface area contributed by atoms with Crippen LogP contribution in [-0.2, 0) is 19.1 Å². The van der Waals surface area contributed by atoms with Crippen molar-refractivity contribution in [3.8, 4) is 0 Å². The van der Waals surface area contributed by atoms with Crippen LogP contribution in [0.5, 0.6) is 0 Å². The van der Waals surface area contributed by atoms with E-state index in [1.807, 2.05) is 0 Å². The summed E-state index contributed by atoms with van der Waals surface area (Å²) >= 11 is 4.89. The highest BCUT2D eigenvalue weighted by Gasteiger charge is 2.41. The average molecular weight is 262 g/mol. The summed E-state index contributed by atoms with van der Waals surface area (Å²) in [6.07, 6.45) is -5.93. The number of methoxy groups -OCH3 is 1. The summed E-state index contributed by atoms with van der Waals surface area (Å²) in [6, 6.07) is -1.75. The summed E-state index contributed by atoms with van der Waals surface area (Å²) in [5, 5.41) is 0.224. The highest BCUT2D eigenvalue weighted by atomic mass is 35.5. The molecule has 0 aromatic carbocycles. The standard InChI is InChI=1S/C7H7ClF3NO4/c1-16-5(14)3(2-4(8)13)12-6(15)7(9,10)11/h3H,2H2,1H3,(H,12,15)/t3-/m1/s1. The second kappa shape index (κ2) is 5.69. The molecule has 0 fully saturated rings. The monoisotopic (exact) mass is 261 g/mol. The molecule has 0 aliphatic heterocycles. The lowest BCUT2D eigenvalue weighted by Crippen LogP contribution is -2.47. The molecule has 0 saturated carbocycles. The van der Waals surface area contributed by atoms with E-state index in [4.69, 9.17) is 11.6 Å². The lowest BCUT2D eigenvalue weighted by Gasteiger charge is -2.15. The van der Waals surface area contributed by atoms with Gasteiger partial charge in [-0.1, -0.05) is 0 Å². The Hall–Kier alpha value is -1.31. The van der Waals surface area contributed by atoms with Crippen molar-refractivity contribution in [3.05, 3.63) is 0 Å². The first-order chi connectivity index (χ1) is 7.18. The van der Waals surface area contributed by atoms with E-state index in [0.29, 0.717) is 0 Å². The number of rotatable bonds is 4. The third-order valence-electron chi connectivity index (χ3n) is 1.41. The fourth-order valence-electron chi connectivity index (χ4n) is 0.736. The van der Waals surface area contributed by atoms with E-state index < -0.39 is 35.8 Å². The van der Waals surface area contributed by atoms with Crippen LogP contribution in [0.15, 0.2) is 0 Å². The van der Waals surface area contributed by atoms with Crippen LogP contribution in [0, 0.1) is 0 Å². The van der Waals surface area contributed by atoms with Crippen molar-refractivity contribution in [2.75, 3.05) is 7.11 Å². The number of nitrogens with one attached hydrogen (secondary N) is 1. The Morgan fingerprint density at radius 3 is 2.19 bits per heavy atom. The molecule has 1 amide bonds. The number of hydrogen-bond donors (Lipinski definition) is 1. The molecule has 1 atom stereocenters. The highest BCUT2D eigenvalue weighted by molar-refractivity contribution is 6.63. The van der Waals surface area contributed by atoms with Crippen LogP contribution in [0.2, 0.25) is 0 Å². The molecule has 0 rings (SSSR count). The normalized spacial score (nSPS) is 12.8. The van der Waals surface area contributed by atoms with Gasteiger partial charge in [-0.2, -0.15) is 13.2 Å².